The van der Waals surface area contributed by atoms with E-state index in [0.717, 1.165) is 0 Å². The minimum Gasteiger partial charge on any atom is -0.322 e. The Morgan fingerprint density at radius 3 is 1.10 bits per heavy atom. The Hall–Kier alpha value is -3.40. The maximum Gasteiger partial charge on any atom is 0.255 e. The first-order valence-corrected chi connectivity index (χ1v) is 10.3. The van der Waals surface area contributed by atoms with Gasteiger partial charge < -0.3 is 10.6 Å². The summed E-state index contributed by atoms with van der Waals surface area (Å²) in [7, 11) is 0. The topological polar surface area (TPSA) is 58.2 Å². The van der Waals surface area contributed by atoms with Crippen LogP contribution < -0.4 is 10.6 Å². The van der Waals surface area contributed by atoms with Gasteiger partial charge in [-0.15, -0.1) is 0 Å². The molecule has 0 spiro atoms. The fourth-order valence-corrected chi connectivity index (χ4v) is 3.08. The fourth-order valence-electron chi connectivity index (χ4n) is 3.08. The van der Waals surface area contributed by atoms with Crippen molar-refractivity contribution >= 4 is 23.2 Å². The summed E-state index contributed by atoms with van der Waals surface area (Å²) in [5, 5.41) is 5.77. The van der Waals surface area contributed by atoms with Crippen molar-refractivity contribution in [1.29, 1.82) is 0 Å². The van der Waals surface area contributed by atoms with Gasteiger partial charge in [-0.1, -0.05) is 52.0 Å². The van der Waals surface area contributed by atoms with Crippen molar-refractivity contribution in [3.8, 4) is 0 Å². The smallest absolute Gasteiger partial charge is 0.255 e. The summed E-state index contributed by atoms with van der Waals surface area (Å²) in [6, 6.07) is 22.4. The van der Waals surface area contributed by atoms with E-state index in [1.165, 1.54) is 11.1 Å². The molecule has 3 aromatic rings. The molecule has 3 aromatic carbocycles. The largest absolute Gasteiger partial charge is 0.322 e. The molecule has 0 saturated heterocycles. The highest BCUT2D eigenvalue weighted by molar-refractivity contribution is 6.05. The first-order valence-electron chi connectivity index (χ1n) is 10.3. The number of anilines is 2. The van der Waals surface area contributed by atoms with Crippen molar-refractivity contribution in [2.24, 2.45) is 0 Å². The molecule has 3 rings (SSSR count). The van der Waals surface area contributed by atoms with Crippen LogP contribution in [0.2, 0.25) is 0 Å². The average molecular weight is 401 g/mol. The van der Waals surface area contributed by atoms with E-state index >= 15 is 0 Å². The molecule has 0 atom stereocenters. The molecule has 0 saturated carbocycles. The zero-order chi connectivity index (χ0) is 21.7. The van der Waals surface area contributed by atoms with Gasteiger partial charge in [0.1, 0.15) is 0 Å². The van der Waals surface area contributed by atoms with E-state index in [0.29, 0.717) is 34.3 Å². The maximum absolute atomic E-state index is 12.4. The van der Waals surface area contributed by atoms with Gasteiger partial charge in [-0.25, -0.2) is 0 Å². The number of nitrogens with one attached hydrogen (secondary N) is 2. The van der Waals surface area contributed by atoms with Crippen molar-refractivity contribution < 1.29 is 9.59 Å². The van der Waals surface area contributed by atoms with E-state index in [-0.39, 0.29) is 11.8 Å². The molecule has 154 valence electrons. The average Bonchev–Trinajstić information content (AvgIpc) is 2.75. The second kappa shape index (κ2) is 9.40. The third-order valence-corrected chi connectivity index (χ3v) is 5.08. The normalized spacial score (nSPS) is 10.9. The van der Waals surface area contributed by atoms with Crippen LogP contribution >= 0.6 is 0 Å². The number of carbonyl (C=O) groups is 2. The third-order valence-electron chi connectivity index (χ3n) is 5.08. The van der Waals surface area contributed by atoms with Crippen molar-refractivity contribution in [2.75, 3.05) is 10.6 Å². The first kappa shape index (κ1) is 21.3. The number of rotatable bonds is 6. The van der Waals surface area contributed by atoms with Crippen LogP contribution in [0.15, 0.2) is 72.8 Å². The van der Waals surface area contributed by atoms with Crippen LogP contribution in [0.3, 0.4) is 0 Å². The summed E-state index contributed by atoms with van der Waals surface area (Å²) in [5.41, 5.74) is 4.97. The molecule has 4 heteroatoms. The van der Waals surface area contributed by atoms with Gasteiger partial charge in [-0.3, -0.25) is 9.59 Å². The number of hydrogen-bond acceptors (Lipinski definition) is 2. The van der Waals surface area contributed by atoms with Crippen LogP contribution in [-0.4, -0.2) is 11.8 Å². The highest BCUT2D eigenvalue weighted by atomic mass is 16.2. The SMILES string of the molecule is CC(C)c1ccc(C(=O)Nc2ccc(NC(=O)c3ccc(C(C)C)cc3)cc2)cc1. The molecule has 4 nitrogen and oxygen atoms in total. The van der Waals surface area contributed by atoms with Gasteiger partial charge in [0, 0.05) is 22.5 Å². The molecule has 0 aliphatic heterocycles. The monoisotopic (exact) mass is 400 g/mol. The summed E-state index contributed by atoms with van der Waals surface area (Å²) >= 11 is 0. The Labute approximate surface area is 178 Å². The van der Waals surface area contributed by atoms with Crippen molar-refractivity contribution in [1.82, 2.24) is 0 Å². The Morgan fingerprint density at radius 2 is 0.833 bits per heavy atom. The zero-order valence-electron chi connectivity index (χ0n) is 17.9. The fraction of sp³-hybridized carbons (Fsp3) is 0.231. The molecule has 30 heavy (non-hydrogen) atoms. The Morgan fingerprint density at radius 1 is 0.533 bits per heavy atom. The lowest BCUT2D eigenvalue weighted by molar-refractivity contribution is 0.101. The predicted molar refractivity (Wildman–Crippen MR) is 123 cm³/mol. The molecule has 0 heterocycles. The van der Waals surface area contributed by atoms with Crippen LogP contribution in [0.4, 0.5) is 11.4 Å². The molecule has 0 aliphatic carbocycles. The van der Waals surface area contributed by atoms with Gasteiger partial charge in [-0.2, -0.15) is 0 Å². The van der Waals surface area contributed by atoms with Crippen molar-refractivity contribution in [2.45, 2.75) is 39.5 Å². The Bertz CT molecular complexity index is 918. The molecule has 0 aliphatic rings. The van der Waals surface area contributed by atoms with Gasteiger partial charge in [0.05, 0.1) is 0 Å². The summed E-state index contributed by atoms with van der Waals surface area (Å²) in [6.45, 7) is 8.48. The second-order valence-electron chi connectivity index (χ2n) is 8.04. The highest BCUT2D eigenvalue weighted by Crippen LogP contribution is 2.19. The molecule has 0 radical (unpaired) electrons. The van der Waals surface area contributed by atoms with Gasteiger partial charge in [0.25, 0.3) is 11.8 Å². The summed E-state index contributed by atoms with van der Waals surface area (Å²) in [5.74, 6) is 0.538. The first-order chi connectivity index (χ1) is 14.3. The Kier molecular flexibility index (Phi) is 6.68. The molecule has 0 fully saturated rings. The molecule has 2 amide bonds. The van der Waals surface area contributed by atoms with Crippen LogP contribution in [0.25, 0.3) is 0 Å². The zero-order valence-corrected chi connectivity index (χ0v) is 17.9. The van der Waals surface area contributed by atoms with Gasteiger partial charge in [0.2, 0.25) is 0 Å². The van der Waals surface area contributed by atoms with E-state index in [9.17, 15) is 9.59 Å². The number of amides is 2. The van der Waals surface area contributed by atoms with E-state index in [1.807, 2.05) is 48.5 Å². The molecular weight excluding hydrogens is 372 g/mol. The summed E-state index contributed by atoms with van der Waals surface area (Å²) < 4.78 is 0. The minimum absolute atomic E-state index is 0.160. The second-order valence-corrected chi connectivity index (χ2v) is 8.04. The van der Waals surface area contributed by atoms with E-state index in [4.69, 9.17) is 0 Å². The predicted octanol–water partition coefficient (Wildman–Crippen LogP) is 6.44. The van der Waals surface area contributed by atoms with E-state index in [1.54, 1.807) is 24.3 Å². The van der Waals surface area contributed by atoms with Gasteiger partial charge >= 0.3 is 0 Å². The van der Waals surface area contributed by atoms with Gasteiger partial charge in [0.15, 0.2) is 0 Å². The number of benzene rings is 3. The standard InChI is InChI=1S/C26H28N2O2/c1-17(2)19-5-9-21(10-6-19)25(29)27-23-13-15-24(16-14-23)28-26(30)22-11-7-20(8-12-22)18(3)4/h5-18H,1-4H3,(H,27,29)(H,28,30). The van der Waals surface area contributed by atoms with Crippen LogP contribution in [0.5, 0.6) is 0 Å². The lowest BCUT2D eigenvalue weighted by Crippen LogP contribution is -2.13. The van der Waals surface area contributed by atoms with Crippen molar-refractivity contribution in [3.05, 3.63) is 95.1 Å². The number of hydrogen-bond donors (Lipinski definition) is 2. The molecule has 0 aromatic heterocycles. The molecular formula is C26H28N2O2. The molecule has 0 unspecified atom stereocenters. The van der Waals surface area contributed by atoms with Gasteiger partial charge in [-0.05, 0) is 71.5 Å². The quantitative estimate of drug-likeness (QED) is 0.500. The molecule has 2 N–H and O–H groups in total. The van der Waals surface area contributed by atoms with Crippen molar-refractivity contribution in [3.63, 3.8) is 0 Å². The lowest BCUT2D eigenvalue weighted by atomic mass is 10.0. The van der Waals surface area contributed by atoms with Crippen LogP contribution in [-0.2, 0) is 0 Å². The van der Waals surface area contributed by atoms with Crippen LogP contribution in [0, 0.1) is 0 Å². The van der Waals surface area contributed by atoms with Crippen LogP contribution in [0.1, 0.15) is 71.4 Å². The van der Waals surface area contributed by atoms with E-state index < -0.39 is 0 Å². The highest BCUT2D eigenvalue weighted by Gasteiger charge is 2.09. The number of carbonyl (C=O) groups excluding carboxylic acids is 2. The molecule has 0 bridgehead atoms. The minimum atomic E-state index is -0.160. The third kappa shape index (κ3) is 5.35. The Balaban J connectivity index is 1.60. The maximum atomic E-state index is 12.4. The lowest BCUT2D eigenvalue weighted by Gasteiger charge is -2.10. The summed E-state index contributed by atoms with van der Waals surface area (Å²) in [6.07, 6.45) is 0. The van der Waals surface area contributed by atoms with E-state index in [2.05, 4.69) is 38.3 Å². The summed E-state index contributed by atoms with van der Waals surface area (Å²) in [4.78, 5) is 24.9.